The molecule has 0 N–H and O–H groups in total. The molecular formula is C36H69N. The fourth-order valence-electron chi connectivity index (χ4n) is 5.53. The van der Waals surface area contributed by atoms with E-state index in [1.165, 1.54) is 177 Å². The van der Waals surface area contributed by atoms with Gasteiger partial charge in [-0.3, -0.25) is 4.99 Å². The van der Waals surface area contributed by atoms with E-state index in [2.05, 4.69) is 45.3 Å². The van der Waals surface area contributed by atoms with E-state index in [1.807, 2.05) is 7.05 Å². The molecule has 1 heteroatoms. The van der Waals surface area contributed by atoms with Crippen LogP contribution in [0, 0.1) is 5.92 Å². The van der Waals surface area contributed by atoms with Crippen LogP contribution < -0.4 is 0 Å². The number of allylic oxidation sites excluding steroid dienone is 3. The van der Waals surface area contributed by atoms with Gasteiger partial charge >= 0.3 is 0 Å². The van der Waals surface area contributed by atoms with Crippen LogP contribution >= 0.6 is 0 Å². The Kier molecular flexibility index (Phi) is 27.5. The third kappa shape index (κ3) is 24.0. The molecule has 0 aromatic rings. The van der Waals surface area contributed by atoms with Gasteiger partial charge in [-0.05, 0) is 56.9 Å². The quantitative estimate of drug-likeness (QED) is 0.0558. The molecule has 0 rings (SSSR count). The molecule has 0 bridgehead atoms. The van der Waals surface area contributed by atoms with Gasteiger partial charge in [-0.25, -0.2) is 0 Å². The van der Waals surface area contributed by atoms with Crippen LogP contribution in [0.15, 0.2) is 28.8 Å². The van der Waals surface area contributed by atoms with Crippen LogP contribution in [0.4, 0.5) is 0 Å². The number of hydrogen-bond acceptors (Lipinski definition) is 1. The van der Waals surface area contributed by atoms with Crippen LogP contribution in [-0.4, -0.2) is 12.8 Å². The summed E-state index contributed by atoms with van der Waals surface area (Å²) in [6.07, 6.45) is 36.6. The van der Waals surface area contributed by atoms with E-state index in [0.29, 0.717) is 0 Å². The van der Waals surface area contributed by atoms with Crippen molar-refractivity contribution in [3.8, 4) is 0 Å². The zero-order chi connectivity index (χ0) is 27.4. The van der Waals surface area contributed by atoms with Crippen molar-refractivity contribution in [3.63, 3.8) is 0 Å². The lowest BCUT2D eigenvalue weighted by molar-refractivity contribution is 0.439. The van der Waals surface area contributed by atoms with Gasteiger partial charge in [0.25, 0.3) is 0 Å². The van der Waals surface area contributed by atoms with Gasteiger partial charge in [0.15, 0.2) is 0 Å². The smallest absolute Gasteiger partial charge is 0.0342 e. The van der Waals surface area contributed by atoms with Crippen LogP contribution in [0.1, 0.15) is 188 Å². The van der Waals surface area contributed by atoms with Crippen molar-refractivity contribution in [2.75, 3.05) is 7.05 Å². The zero-order valence-corrected chi connectivity index (χ0v) is 26.5. The maximum absolute atomic E-state index is 4.58. The van der Waals surface area contributed by atoms with Gasteiger partial charge in [0, 0.05) is 12.8 Å². The first-order valence-electron chi connectivity index (χ1n) is 16.9. The Labute approximate surface area is 235 Å². The van der Waals surface area contributed by atoms with Crippen LogP contribution in [0.5, 0.6) is 0 Å². The monoisotopic (exact) mass is 516 g/mol. The Morgan fingerprint density at radius 1 is 0.622 bits per heavy atom. The number of hydrogen-bond donors (Lipinski definition) is 0. The highest BCUT2D eigenvalue weighted by atomic mass is 14.7. The molecule has 0 radical (unpaired) electrons. The highest BCUT2D eigenvalue weighted by molar-refractivity contribution is 5.98. The van der Waals surface area contributed by atoms with Crippen LogP contribution in [-0.2, 0) is 0 Å². The molecular weight excluding hydrogens is 446 g/mol. The van der Waals surface area contributed by atoms with Gasteiger partial charge in [-0.1, -0.05) is 161 Å². The second-order valence-corrected chi connectivity index (χ2v) is 11.9. The van der Waals surface area contributed by atoms with Gasteiger partial charge < -0.3 is 0 Å². The average molecular weight is 516 g/mol. The molecule has 0 aromatic heterocycles. The summed E-state index contributed by atoms with van der Waals surface area (Å²) >= 11 is 0. The Morgan fingerprint density at radius 3 is 1.57 bits per heavy atom. The fourth-order valence-corrected chi connectivity index (χ4v) is 5.53. The minimum atomic E-state index is 0.736. The molecule has 0 spiro atoms. The summed E-state index contributed by atoms with van der Waals surface area (Å²) in [5.41, 5.74) is 4.26. The van der Waals surface area contributed by atoms with Crippen LogP contribution in [0.2, 0.25) is 0 Å². The summed E-state index contributed by atoms with van der Waals surface area (Å²) in [5, 5.41) is 0. The Bertz CT molecular complexity index is 555. The molecule has 0 heterocycles. The molecule has 0 aromatic carbocycles. The Morgan fingerprint density at radius 2 is 1.08 bits per heavy atom. The first-order valence-corrected chi connectivity index (χ1v) is 16.9. The topological polar surface area (TPSA) is 12.4 Å². The van der Waals surface area contributed by atoms with E-state index in [9.17, 15) is 0 Å². The molecule has 0 aliphatic heterocycles. The van der Waals surface area contributed by atoms with Crippen molar-refractivity contribution < 1.29 is 0 Å². The molecule has 0 fully saturated rings. The molecule has 1 unspecified atom stereocenters. The summed E-state index contributed by atoms with van der Waals surface area (Å²) in [7, 11) is 1.96. The number of aliphatic imine (C=N–C) groups is 1. The molecule has 0 amide bonds. The number of rotatable bonds is 28. The summed E-state index contributed by atoms with van der Waals surface area (Å²) in [4.78, 5) is 4.58. The Balaban J connectivity index is 4.57. The van der Waals surface area contributed by atoms with Gasteiger partial charge in [0.05, 0.1) is 0 Å². The predicted octanol–water partition coefficient (Wildman–Crippen LogP) is 13.0. The minimum Gasteiger partial charge on any atom is -0.293 e. The first-order chi connectivity index (χ1) is 18.1. The second-order valence-electron chi connectivity index (χ2n) is 11.9. The van der Waals surface area contributed by atoms with Gasteiger partial charge in [0.2, 0.25) is 0 Å². The third-order valence-corrected chi connectivity index (χ3v) is 8.18. The predicted molar refractivity (Wildman–Crippen MR) is 172 cm³/mol. The van der Waals surface area contributed by atoms with Crippen LogP contribution in [0.3, 0.4) is 0 Å². The standard InChI is InChI=1S/C36H69N/c1-7-10-13-15-17-19-20-22-24-27-29-35(32-36(34(5)37-6)30-25-12-9-3)31-33(4)28-26-23-21-18-16-14-11-8-2/h30,35H,4,7-29,31-32H2,1-3,5-6H3/b36-30+,37-34?. The molecule has 218 valence electrons. The lowest BCUT2D eigenvalue weighted by Gasteiger charge is -2.21. The third-order valence-electron chi connectivity index (χ3n) is 8.18. The molecule has 0 aliphatic carbocycles. The average Bonchev–Trinajstić information content (AvgIpc) is 2.90. The van der Waals surface area contributed by atoms with Crippen molar-refractivity contribution >= 4 is 5.71 Å². The normalized spacial score (nSPS) is 13.3. The van der Waals surface area contributed by atoms with Gasteiger partial charge in [-0.2, -0.15) is 0 Å². The van der Waals surface area contributed by atoms with Crippen molar-refractivity contribution in [2.24, 2.45) is 10.9 Å². The zero-order valence-electron chi connectivity index (χ0n) is 26.5. The first kappa shape index (κ1) is 36.1. The van der Waals surface area contributed by atoms with E-state index in [1.54, 1.807) is 0 Å². The van der Waals surface area contributed by atoms with Gasteiger partial charge in [-0.15, -0.1) is 0 Å². The molecule has 1 atom stereocenters. The fraction of sp³-hybridized carbons (Fsp3) is 0.861. The van der Waals surface area contributed by atoms with E-state index >= 15 is 0 Å². The lowest BCUT2D eigenvalue weighted by Crippen LogP contribution is -2.09. The molecule has 37 heavy (non-hydrogen) atoms. The Hall–Kier alpha value is -0.850. The maximum atomic E-state index is 4.58. The van der Waals surface area contributed by atoms with E-state index < -0.39 is 0 Å². The number of nitrogens with zero attached hydrogens (tertiary/aromatic N) is 1. The van der Waals surface area contributed by atoms with E-state index in [-0.39, 0.29) is 0 Å². The van der Waals surface area contributed by atoms with Crippen molar-refractivity contribution in [1.29, 1.82) is 0 Å². The van der Waals surface area contributed by atoms with Crippen molar-refractivity contribution in [3.05, 3.63) is 23.8 Å². The molecule has 0 aliphatic rings. The second kappa shape index (κ2) is 28.2. The van der Waals surface area contributed by atoms with Gasteiger partial charge in [0.1, 0.15) is 0 Å². The summed E-state index contributed by atoms with van der Waals surface area (Å²) in [5.74, 6) is 0.736. The summed E-state index contributed by atoms with van der Waals surface area (Å²) in [6, 6.07) is 0. The highest BCUT2D eigenvalue weighted by Gasteiger charge is 2.14. The van der Waals surface area contributed by atoms with Crippen molar-refractivity contribution in [1.82, 2.24) is 0 Å². The lowest BCUT2D eigenvalue weighted by atomic mass is 9.85. The summed E-state index contributed by atoms with van der Waals surface area (Å²) in [6.45, 7) is 13.7. The van der Waals surface area contributed by atoms with E-state index in [0.717, 1.165) is 5.92 Å². The minimum absolute atomic E-state index is 0.736. The van der Waals surface area contributed by atoms with Crippen molar-refractivity contribution in [2.45, 2.75) is 188 Å². The maximum Gasteiger partial charge on any atom is 0.0342 e. The molecule has 1 nitrogen and oxygen atoms in total. The highest BCUT2D eigenvalue weighted by Crippen LogP contribution is 2.28. The van der Waals surface area contributed by atoms with E-state index in [4.69, 9.17) is 0 Å². The largest absolute Gasteiger partial charge is 0.293 e. The summed E-state index contributed by atoms with van der Waals surface area (Å²) < 4.78 is 0. The number of unbranched alkanes of at least 4 members (excludes halogenated alkanes) is 18. The SMILES string of the molecule is C=C(CCCCCCCCCC)CC(CCCCCCCCCCCC)C/C(=C\CCCC)C(C)=NC. The van der Waals surface area contributed by atoms with Crippen LogP contribution in [0.25, 0.3) is 0 Å². The molecule has 0 saturated heterocycles. The molecule has 0 saturated carbocycles.